The van der Waals surface area contributed by atoms with Gasteiger partial charge in [0.2, 0.25) is 0 Å². The van der Waals surface area contributed by atoms with E-state index >= 15 is 0 Å². The number of aromatic nitrogens is 2. The van der Waals surface area contributed by atoms with Gasteiger partial charge in [0.1, 0.15) is 0 Å². The van der Waals surface area contributed by atoms with Gasteiger partial charge in [-0.2, -0.15) is 0 Å². The van der Waals surface area contributed by atoms with Crippen molar-refractivity contribution in [1.82, 2.24) is 14.5 Å². The second-order valence-corrected chi connectivity index (χ2v) is 6.04. The molecule has 1 N–H and O–H groups in total. The van der Waals surface area contributed by atoms with Crippen molar-refractivity contribution < 1.29 is 5.11 Å². The van der Waals surface area contributed by atoms with E-state index in [4.69, 9.17) is 0 Å². The van der Waals surface area contributed by atoms with Crippen LogP contribution in [0.1, 0.15) is 17.7 Å². The topological polar surface area (TPSA) is 41.3 Å². The predicted molar refractivity (Wildman–Crippen MR) is 82.7 cm³/mol. The minimum atomic E-state index is -0.187. The van der Waals surface area contributed by atoms with E-state index in [2.05, 4.69) is 38.7 Å². The second-order valence-electron chi connectivity index (χ2n) is 6.04. The van der Waals surface area contributed by atoms with Gasteiger partial charge in [-0.05, 0) is 18.4 Å². The van der Waals surface area contributed by atoms with Crippen LogP contribution in [0.15, 0.2) is 42.9 Å². The molecule has 3 rings (SSSR count). The summed E-state index contributed by atoms with van der Waals surface area (Å²) < 4.78 is 2.07. The first-order valence-electron chi connectivity index (χ1n) is 7.62. The summed E-state index contributed by atoms with van der Waals surface area (Å²) >= 11 is 0. The molecule has 0 aliphatic carbocycles. The van der Waals surface area contributed by atoms with Gasteiger partial charge in [-0.25, -0.2) is 4.98 Å². The molecule has 0 radical (unpaired) electrons. The highest BCUT2D eigenvalue weighted by Crippen LogP contribution is 2.22. The van der Waals surface area contributed by atoms with Crippen molar-refractivity contribution in [2.75, 3.05) is 13.1 Å². The van der Waals surface area contributed by atoms with E-state index in [9.17, 15) is 5.11 Å². The zero-order valence-electron chi connectivity index (χ0n) is 12.5. The Morgan fingerprint density at radius 1 is 1.29 bits per heavy atom. The maximum atomic E-state index is 10.3. The first-order chi connectivity index (χ1) is 10.2. The third-order valence-corrected chi connectivity index (χ3v) is 4.42. The molecule has 0 amide bonds. The van der Waals surface area contributed by atoms with E-state index in [1.165, 1.54) is 11.3 Å². The van der Waals surface area contributed by atoms with Crippen LogP contribution in [0.5, 0.6) is 0 Å². The van der Waals surface area contributed by atoms with Gasteiger partial charge in [0.25, 0.3) is 0 Å². The van der Waals surface area contributed by atoms with Gasteiger partial charge < -0.3 is 9.67 Å². The maximum Gasteiger partial charge on any atom is 0.0945 e. The van der Waals surface area contributed by atoms with E-state index in [0.717, 1.165) is 32.5 Å². The van der Waals surface area contributed by atoms with Gasteiger partial charge in [-0.1, -0.05) is 30.3 Å². The molecule has 0 unspecified atom stereocenters. The summed E-state index contributed by atoms with van der Waals surface area (Å²) in [6.45, 7) is 2.81. The Bertz CT molecular complexity index is 566. The molecule has 4 heteroatoms. The number of rotatable bonds is 4. The fraction of sp³-hybridized carbons (Fsp3) is 0.471. The van der Waals surface area contributed by atoms with Gasteiger partial charge >= 0.3 is 0 Å². The number of likely N-dealkylation sites (tertiary alicyclic amines) is 1. The Hall–Kier alpha value is -1.65. The zero-order chi connectivity index (χ0) is 14.7. The minimum absolute atomic E-state index is 0.187. The van der Waals surface area contributed by atoms with Crippen molar-refractivity contribution in [2.45, 2.75) is 25.5 Å². The highest BCUT2D eigenvalue weighted by atomic mass is 16.3. The van der Waals surface area contributed by atoms with Gasteiger partial charge in [-0.3, -0.25) is 4.90 Å². The Labute approximate surface area is 126 Å². The van der Waals surface area contributed by atoms with E-state index in [0.29, 0.717) is 5.92 Å². The number of aliphatic hydroxyl groups is 1. The number of hydrogen-bond acceptors (Lipinski definition) is 3. The van der Waals surface area contributed by atoms with E-state index in [1.807, 2.05) is 25.6 Å². The Kier molecular flexibility index (Phi) is 4.36. The fourth-order valence-electron chi connectivity index (χ4n) is 3.12. The highest BCUT2D eigenvalue weighted by molar-refractivity contribution is 5.16. The normalized spacial score (nSPS) is 23.3. The number of aryl methyl sites for hydroxylation is 1. The number of aliphatic hydroxyl groups excluding tert-OH is 1. The molecule has 1 fully saturated rings. The lowest BCUT2D eigenvalue weighted by Gasteiger charge is -2.36. The van der Waals surface area contributed by atoms with Crippen molar-refractivity contribution in [1.29, 1.82) is 0 Å². The molecule has 4 nitrogen and oxygen atoms in total. The van der Waals surface area contributed by atoms with Crippen molar-refractivity contribution >= 4 is 0 Å². The quantitative estimate of drug-likeness (QED) is 0.932. The van der Waals surface area contributed by atoms with Crippen molar-refractivity contribution in [2.24, 2.45) is 13.0 Å². The molecule has 1 aromatic carbocycles. The summed E-state index contributed by atoms with van der Waals surface area (Å²) in [4.78, 5) is 6.60. The van der Waals surface area contributed by atoms with Gasteiger partial charge in [0.05, 0.1) is 18.1 Å². The number of piperidine rings is 1. The lowest BCUT2D eigenvalue weighted by molar-refractivity contribution is 0.0232. The van der Waals surface area contributed by atoms with Crippen LogP contribution in [0.4, 0.5) is 0 Å². The van der Waals surface area contributed by atoms with Crippen molar-refractivity contribution in [3.05, 3.63) is 54.1 Å². The molecular weight excluding hydrogens is 262 g/mol. The van der Waals surface area contributed by atoms with Crippen molar-refractivity contribution in [3.8, 4) is 0 Å². The van der Waals surface area contributed by atoms with Gasteiger partial charge in [-0.15, -0.1) is 0 Å². The molecule has 1 aromatic heterocycles. The van der Waals surface area contributed by atoms with Crippen LogP contribution in [0.2, 0.25) is 0 Å². The molecule has 21 heavy (non-hydrogen) atoms. The van der Waals surface area contributed by atoms with E-state index in [1.54, 1.807) is 0 Å². The van der Waals surface area contributed by atoms with Crippen LogP contribution in [-0.4, -0.2) is 38.8 Å². The molecule has 1 aliphatic heterocycles. The molecular formula is C17H23N3O. The summed E-state index contributed by atoms with van der Waals surface area (Å²) in [5.74, 6) is 0.314. The lowest BCUT2D eigenvalue weighted by atomic mass is 9.88. The van der Waals surface area contributed by atoms with Crippen molar-refractivity contribution in [3.63, 3.8) is 0 Å². The summed E-state index contributed by atoms with van der Waals surface area (Å²) in [6.07, 6.45) is 5.39. The maximum absolute atomic E-state index is 10.3. The first kappa shape index (κ1) is 14.3. The van der Waals surface area contributed by atoms with Crippen LogP contribution in [0.25, 0.3) is 0 Å². The molecule has 0 bridgehead atoms. The smallest absolute Gasteiger partial charge is 0.0945 e. The molecule has 0 spiro atoms. The molecule has 1 aliphatic rings. The summed E-state index contributed by atoms with van der Waals surface area (Å²) in [6, 6.07) is 10.5. The Morgan fingerprint density at radius 3 is 2.81 bits per heavy atom. The minimum Gasteiger partial charge on any atom is -0.393 e. The molecule has 0 saturated carbocycles. The average molecular weight is 285 g/mol. The number of hydrogen-bond donors (Lipinski definition) is 1. The largest absolute Gasteiger partial charge is 0.393 e. The van der Waals surface area contributed by atoms with Crippen LogP contribution < -0.4 is 0 Å². The number of imidazole rings is 1. The molecule has 2 aromatic rings. The summed E-state index contributed by atoms with van der Waals surface area (Å²) in [5.41, 5.74) is 2.54. The van der Waals surface area contributed by atoms with Crippen LogP contribution in [0.3, 0.4) is 0 Å². The third kappa shape index (κ3) is 3.52. The monoisotopic (exact) mass is 285 g/mol. The van der Waals surface area contributed by atoms with Crippen LogP contribution in [-0.2, 0) is 20.0 Å². The summed E-state index contributed by atoms with van der Waals surface area (Å²) in [5, 5.41) is 10.3. The highest BCUT2D eigenvalue weighted by Gasteiger charge is 2.28. The van der Waals surface area contributed by atoms with Crippen LogP contribution in [0, 0.1) is 5.92 Å². The lowest BCUT2D eigenvalue weighted by Crippen LogP contribution is -2.43. The first-order valence-corrected chi connectivity index (χ1v) is 7.62. The second kappa shape index (κ2) is 6.41. The fourth-order valence-corrected chi connectivity index (χ4v) is 3.12. The zero-order valence-corrected chi connectivity index (χ0v) is 12.5. The number of nitrogens with zero attached hydrogens (tertiary/aromatic N) is 3. The van der Waals surface area contributed by atoms with Crippen LogP contribution >= 0.6 is 0 Å². The SMILES string of the molecule is Cn1cncc1CN1CC[C@H](O)[C@H](Cc2ccccc2)C1. The molecule has 2 atom stereocenters. The standard InChI is InChI=1S/C17H23N3O/c1-19-13-18-10-16(19)12-20-8-7-17(21)15(11-20)9-14-5-3-2-4-6-14/h2-6,10,13,15,17,21H,7-9,11-12H2,1H3/t15-,17+/m1/s1. The Balaban J connectivity index is 1.63. The number of benzene rings is 1. The summed E-state index contributed by atoms with van der Waals surface area (Å²) in [7, 11) is 2.03. The molecule has 112 valence electrons. The van der Waals surface area contributed by atoms with E-state index < -0.39 is 0 Å². The van der Waals surface area contributed by atoms with E-state index in [-0.39, 0.29) is 6.10 Å². The predicted octanol–water partition coefficient (Wildman–Crippen LogP) is 1.85. The molecule has 1 saturated heterocycles. The average Bonchev–Trinajstić information content (AvgIpc) is 2.89. The Morgan fingerprint density at radius 2 is 2.10 bits per heavy atom. The molecule has 2 heterocycles. The van der Waals surface area contributed by atoms with Gasteiger partial charge in [0.15, 0.2) is 0 Å². The van der Waals surface area contributed by atoms with Gasteiger partial charge in [0, 0.05) is 38.8 Å². The third-order valence-electron chi connectivity index (χ3n) is 4.42.